The van der Waals surface area contributed by atoms with Crippen LogP contribution in [0, 0.1) is 0 Å². The molecule has 0 atom stereocenters. The van der Waals surface area contributed by atoms with Crippen LogP contribution in [-0.4, -0.2) is 10.9 Å². The lowest BCUT2D eigenvalue weighted by Gasteiger charge is -2.07. The Morgan fingerprint density at radius 1 is 0.909 bits per heavy atom. The molecule has 0 unspecified atom stereocenters. The van der Waals surface area contributed by atoms with Gasteiger partial charge < -0.3 is 5.11 Å². The van der Waals surface area contributed by atoms with Gasteiger partial charge in [-0.15, -0.1) is 0 Å². The molecule has 0 saturated heterocycles. The molecule has 2 heteroatoms. The topological polar surface area (TPSA) is 37.3 Å². The van der Waals surface area contributed by atoms with E-state index in [0.717, 1.165) is 16.7 Å². The highest BCUT2D eigenvalue weighted by atomic mass is 16.3. The zero-order valence-electron chi connectivity index (χ0n) is 12.5. The highest BCUT2D eigenvalue weighted by molar-refractivity contribution is 6.28. The maximum atomic E-state index is 12.4. The van der Waals surface area contributed by atoms with Crippen molar-refractivity contribution in [1.82, 2.24) is 0 Å². The number of aliphatic hydroxyl groups is 1. The fraction of sp³-hybridized carbons (Fsp3) is 0.0500. The Labute approximate surface area is 130 Å². The molecule has 0 bridgehead atoms. The number of rotatable bonds is 5. The fourth-order valence-corrected chi connectivity index (χ4v) is 2.16. The van der Waals surface area contributed by atoms with Crippen molar-refractivity contribution in [3.05, 3.63) is 96.3 Å². The summed E-state index contributed by atoms with van der Waals surface area (Å²) >= 11 is 0. The lowest BCUT2D eigenvalue weighted by Crippen LogP contribution is -2.01. The Morgan fingerprint density at radius 2 is 1.45 bits per heavy atom. The summed E-state index contributed by atoms with van der Waals surface area (Å²) in [6, 6.07) is 16.6. The lowest BCUT2D eigenvalue weighted by atomic mass is 9.96. The van der Waals surface area contributed by atoms with Gasteiger partial charge in [-0.25, -0.2) is 0 Å². The van der Waals surface area contributed by atoms with Gasteiger partial charge in [-0.05, 0) is 29.7 Å². The molecule has 0 fully saturated rings. The monoisotopic (exact) mass is 290 g/mol. The third kappa shape index (κ3) is 3.61. The summed E-state index contributed by atoms with van der Waals surface area (Å²) in [7, 11) is 0. The molecule has 2 nitrogen and oxygen atoms in total. The second-order valence-electron chi connectivity index (χ2n) is 5.07. The van der Waals surface area contributed by atoms with Crippen molar-refractivity contribution in [2.45, 2.75) is 6.92 Å². The molecule has 110 valence electrons. The lowest BCUT2D eigenvalue weighted by molar-refractivity contribution is 0.105. The fourth-order valence-electron chi connectivity index (χ4n) is 2.16. The summed E-state index contributed by atoms with van der Waals surface area (Å²) in [5.41, 5.74) is 3.70. The van der Waals surface area contributed by atoms with Gasteiger partial charge in [-0.1, -0.05) is 67.8 Å². The van der Waals surface area contributed by atoms with E-state index in [4.69, 9.17) is 0 Å². The molecule has 0 heterocycles. The second-order valence-corrected chi connectivity index (χ2v) is 5.07. The van der Waals surface area contributed by atoms with Gasteiger partial charge in [-0.3, -0.25) is 4.79 Å². The summed E-state index contributed by atoms with van der Waals surface area (Å²) in [6.45, 7) is 9.21. The Balaban J connectivity index is 2.22. The molecule has 0 aromatic heterocycles. The van der Waals surface area contributed by atoms with Crippen LogP contribution in [0.1, 0.15) is 28.4 Å². The van der Waals surface area contributed by atoms with E-state index in [0.29, 0.717) is 11.1 Å². The maximum Gasteiger partial charge on any atom is 0.193 e. The molecule has 0 saturated carbocycles. The average molecular weight is 290 g/mol. The first-order valence-corrected chi connectivity index (χ1v) is 6.94. The zero-order valence-corrected chi connectivity index (χ0v) is 12.5. The quantitative estimate of drug-likeness (QED) is 0.362. The first-order chi connectivity index (χ1) is 10.5. The smallest absolute Gasteiger partial charge is 0.193 e. The van der Waals surface area contributed by atoms with Crippen molar-refractivity contribution in [2.24, 2.45) is 0 Å². The maximum absolute atomic E-state index is 12.4. The number of Topliss-reactive ketones (excluding diaryl/α,β-unsaturated/α-hetero) is 1. The largest absolute Gasteiger partial charge is 0.509 e. The van der Waals surface area contributed by atoms with Gasteiger partial charge in [0.25, 0.3) is 0 Å². The van der Waals surface area contributed by atoms with Gasteiger partial charge >= 0.3 is 0 Å². The minimum atomic E-state index is -0.0917. The number of ketones is 1. The van der Waals surface area contributed by atoms with Crippen molar-refractivity contribution in [3.8, 4) is 0 Å². The number of benzene rings is 2. The number of carbonyl (C=O) groups excluding carboxylic acids is 1. The predicted molar refractivity (Wildman–Crippen MR) is 91.7 cm³/mol. The summed E-state index contributed by atoms with van der Waals surface area (Å²) < 4.78 is 0. The van der Waals surface area contributed by atoms with Crippen molar-refractivity contribution < 1.29 is 9.90 Å². The molecule has 2 rings (SSSR count). The van der Waals surface area contributed by atoms with Gasteiger partial charge in [-0.2, -0.15) is 0 Å². The Bertz CT molecular complexity index is 735. The highest BCUT2D eigenvalue weighted by Gasteiger charge is 2.11. The second kappa shape index (κ2) is 6.72. The summed E-state index contributed by atoms with van der Waals surface area (Å²) in [6.07, 6.45) is 1.58. The molecule has 22 heavy (non-hydrogen) atoms. The Hall–Kier alpha value is -2.87. The molecule has 0 amide bonds. The average Bonchev–Trinajstić information content (AvgIpc) is 2.54. The van der Waals surface area contributed by atoms with Crippen molar-refractivity contribution in [2.75, 3.05) is 0 Å². The van der Waals surface area contributed by atoms with Crippen LogP contribution >= 0.6 is 0 Å². The van der Waals surface area contributed by atoms with Crippen molar-refractivity contribution in [3.63, 3.8) is 0 Å². The van der Waals surface area contributed by atoms with Crippen LogP contribution in [0.3, 0.4) is 0 Å². The van der Waals surface area contributed by atoms with E-state index >= 15 is 0 Å². The molecule has 0 aliphatic rings. The standard InChI is InChI=1S/C20H18O2/c1-14(13-15(2)21)17-9-11-19(12-10-17)20(22)16(3)18-7-5-4-6-8-18/h4-13,21H,2-3H2,1H3/b14-13+. The number of hydrogen-bond donors (Lipinski definition) is 1. The molecule has 0 aliphatic heterocycles. The summed E-state index contributed by atoms with van der Waals surface area (Å²) in [5.74, 6) is -0.0824. The number of hydrogen-bond acceptors (Lipinski definition) is 2. The van der Waals surface area contributed by atoms with Gasteiger partial charge in [0, 0.05) is 11.1 Å². The Morgan fingerprint density at radius 3 is 2.00 bits per heavy atom. The minimum absolute atomic E-state index is 0.00936. The van der Waals surface area contributed by atoms with Crippen LogP contribution in [0.5, 0.6) is 0 Å². The van der Waals surface area contributed by atoms with Gasteiger partial charge in [0.1, 0.15) is 5.76 Å². The van der Waals surface area contributed by atoms with Gasteiger partial charge in [0.05, 0.1) is 0 Å². The molecular formula is C20H18O2. The Kier molecular flexibility index (Phi) is 4.74. The minimum Gasteiger partial charge on any atom is -0.509 e. The van der Waals surface area contributed by atoms with E-state index < -0.39 is 0 Å². The van der Waals surface area contributed by atoms with E-state index in [2.05, 4.69) is 13.2 Å². The van der Waals surface area contributed by atoms with E-state index in [-0.39, 0.29) is 11.5 Å². The van der Waals surface area contributed by atoms with E-state index in [1.54, 1.807) is 18.2 Å². The van der Waals surface area contributed by atoms with Gasteiger partial charge in [0.2, 0.25) is 0 Å². The number of aliphatic hydroxyl groups excluding tert-OH is 1. The third-order valence-electron chi connectivity index (χ3n) is 3.38. The molecule has 0 aliphatic carbocycles. The molecule has 0 radical (unpaired) electrons. The normalized spacial score (nSPS) is 11.0. The van der Waals surface area contributed by atoms with E-state index in [1.807, 2.05) is 49.4 Å². The molecule has 2 aromatic carbocycles. The summed E-state index contributed by atoms with van der Waals surface area (Å²) in [4.78, 5) is 12.4. The van der Waals surface area contributed by atoms with E-state index in [9.17, 15) is 9.90 Å². The first kappa shape index (κ1) is 15.5. The van der Waals surface area contributed by atoms with E-state index in [1.165, 1.54) is 0 Å². The summed E-state index contributed by atoms with van der Waals surface area (Å²) in [5, 5.41) is 9.19. The highest BCUT2D eigenvalue weighted by Crippen LogP contribution is 2.20. The van der Waals surface area contributed by atoms with Crippen LogP contribution in [0.15, 0.2) is 79.6 Å². The van der Waals surface area contributed by atoms with Crippen LogP contribution < -0.4 is 0 Å². The van der Waals surface area contributed by atoms with Crippen LogP contribution in [0.4, 0.5) is 0 Å². The van der Waals surface area contributed by atoms with Gasteiger partial charge in [0.15, 0.2) is 5.78 Å². The van der Waals surface area contributed by atoms with Crippen molar-refractivity contribution in [1.29, 1.82) is 0 Å². The van der Waals surface area contributed by atoms with Crippen LogP contribution in [0.25, 0.3) is 11.1 Å². The predicted octanol–water partition coefficient (Wildman–Crippen LogP) is 5.06. The van der Waals surface area contributed by atoms with Crippen LogP contribution in [-0.2, 0) is 0 Å². The van der Waals surface area contributed by atoms with Crippen LogP contribution in [0.2, 0.25) is 0 Å². The molecule has 0 spiro atoms. The third-order valence-corrected chi connectivity index (χ3v) is 3.38. The molecule has 2 aromatic rings. The van der Waals surface area contributed by atoms with Crippen molar-refractivity contribution >= 4 is 16.9 Å². The zero-order chi connectivity index (χ0) is 16.1. The number of carbonyl (C=O) groups is 1. The SMILES string of the molecule is C=C(O)/C=C(\C)c1ccc(C(=O)C(=C)c2ccccc2)cc1. The first-order valence-electron chi connectivity index (χ1n) is 6.94. The molecule has 1 N–H and O–H groups in total. The number of allylic oxidation sites excluding steroid dienone is 3. The molecular weight excluding hydrogens is 272 g/mol.